The van der Waals surface area contributed by atoms with Gasteiger partial charge in [-0.25, -0.2) is 0 Å². The van der Waals surface area contributed by atoms with Crippen LogP contribution in [0.4, 0.5) is 0 Å². The Labute approximate surface area is 52.9 Å². The molecule has 0 aromatic carbocycles. The molecule has 0 saturated carbocycles. The normalized spacial score (nSPS) is 3.50. The number of hydrogen-bond donors (Lipinski definition) is 0. The Morgan fingerprint density at radius 3 is 2.00 bits per heavy atom. The van der Waals surface area contributed by atoms with Gasteiger partial charge < -0.3 is 0 Å². The van der Waals surface area contributed by atoms with Crippen LogP contribution in [0.5, 0.6) is 0 Å². The van der Waals surface area contributed by atoms with Crippen LogP contribution in [-0.4, -0.2) is 0 Å². The summed E-state index contributed by atoms with van der Waals surface area (Å²) in [4.78, 5) is 0. The van der Waals surface area contributed by atoms with E-state index >= 15 is 0 Å². The van der Waals surface area contributed by atoms with Gasteiger partial charge in [0.15, 0.2) is 0 Å². The summed E-state index contributed by atoms with van der Waals surface area (Å²) in [6.07, 6.45) is 1.18. The molecule has 0 bridgehead atoms. The van der Waals surface area contributed by atoms with Crippen molar-refractivity contribution in [1.29, 1.82) is 5.26 Å². The zero-order valence-electron chi connectivity index (χ0n) is 2.94. The first-order valence-electron chi connectivity index (χ1n) is 1.04. The minimum absolute atomic E-state index is 1.18. The zero-order valence-corrected chi connectivity index (χ0v) is 5.24. The fourth-order valence-electron chi connectivity index (χ4n) is 0. The summed E-state index contributed by atoms with van der Waals surface area (Å²) in [5, 5.41) is 7.51. The van der Waals surface area contributed by atoms with E-state index in [2.05, 4.69) is 35.3 Å². The van der Waals surface area contributed by atoms with E-state index in [0.29, 0.717) is 0 Å². The van der Waals surface area contributed by atoms with E-state index in [1.54, 1.807) is 6.07 Å². The van der Waals surface area contributed by atoms with Crippen molar-refractivity contribution in [3.05, 3.63) is 12.7 Å². The Morgan fingerprint density at radius 2 is 2.00 bits per heavy atom. The molecule has 0 radical (unpaired) electrons. The summed E-state index contributed by atoms with van der Waals surface area (Å²) >= 11 is 2.53. The van der Waals surface area contributed by atoms with Crippen molar-refractivity contribution in [3.8, 4) is 6.07 Å². The summed E-state index contributed by atoms with van der Waals surface area (Å²) in [6, 6.07) is 1.69. The number of rotatable bonds is 0. The van der Waals surface area contributed by atoms with Gasteiger partial charge in [0.2, 0.25) is 0 Å². The molecule has 0 aromatic heterocycles. The molecule has 0 amide bonds. The van der Waals surface area contributed by atoms with E-state index in [1.165, 1.54) is 6.08 Å². The average Bonchev–Trinajstić information content (AvgIpc) is 1.72. The van der Waals surface area contributed by atoms with Crippen LogP contribution in [0, 0.1) is 11.3 Å². The Bertz CT molecular complexity index is 65.7. The molecule has 0 spiro atoms. The molecule has 0 fully saturated rings. The first kappa shape index (κ1) is 9.50. The SMILES string of the molecule is C=CC#N.[S]=[Ag]. The van der Waals surface area contributed by atoms with Crippen LogP contribution >= 0.6 is 9.58 Å². The topological polar surface area (TPSA) is 23.8 Å². The first-order valence-corrected chi connectivity index (χ1v) is 3.11. The van der Waals surface area contributed by atoms with Crippen LogP contribution in [0.3, 0.4) is 0 Å². The third-order valence-corrected chi connectivity index (χ3v) is 0.0913. The monoisotopic (exact) mass is 192 g/mol. The molecular formula is C3H3AgNS. The molecule has 0 aliphatic carbocycles. The summed E-state index contributed by atoms with van der Waals surface area (Å²) in [6.45, 7) is 3.12. The van der Waals surface area contributed by atoms with Gasteiger partial charge in [0.1, 0.15) is 0 Å². The van der Waals surface area contributed by atoms with Gasteiger partial charge in [-0.1, -0.05) is 6.58 Å². The molecule has 0 unspecified atom stereocenters. The summed E-state index contributed by atoms with van der Waals surface area (Å²) in [5.41, 5.74) is 0. The quantitative estimate of drug-likeness (QED) is 0.428. The van der Waals surface area contributed by atoms with Crippen molar-refractivity contribution in [2.75, 3.05) is 0 Å². The number of nitriles is 1. The zero-order chi connectivity index (χ0) is 5.41. The Hall–Kier alpha value is 0.190. The standard InChI is InChI=1S/C3H3N.Ag.S/c1-2-3-4;;/h2H,1H2;;. The van der Waals surface area contributed by atoms with E-state index < -0.39 is 0 Å². The van der Waals surface area contributed by atoms with Crippen molar-refractivity contribution < 1.29 is 19.2 Å². The van der Waals surface area contributed by atoms with E-state index in [9.17, 15) is 0 Å². The molecule has 0 heterocycles. The molecule has 0 aliphatic rings. The minimum atomic E-state index is 1.18. The second kappa shape index (κ2) is 19.0. The van der Waals surface area contributed by atoms with Crippen LogP contribution in [0.1, 0.15) is 0 Å². The van der Waals surface area contributed by atoms with Gasteiger partial charge in [0.25, 0.3) is 0 Å². The van der Waals surface area contributed by atoms with E-state index in [1.807, 2.05) is 0 Å². The molecule has 0 aromatic rings. The molecule has 0 rings (SSSR count). The molecular weight excluding hydrogens is 190 g/mol. The molecule has 0 aliphatic heterocycles. The molecule has 1 nitrogen and oxygen atoms in total. The van der Waals surface area contributed by atoms with Crippen LogP contribution in [-0.2, 0) is 19.2 Å². The maximum absolute atomic E-state index is 7.51. The molecule has 0 atom stereocenters. The third-order valence-electron chi connectivity index (χ3n) is 0.0913. The van der Waals surface area contributed by atoms with Crippen LogP contribution < -0.4 is 0 Å². The van der Waals surface area contributed by atoms with Gasteiger partial charge in [0, 0.05) is 6.08 Å². The van der Waals surface area contributed by atoms with Crippen LogP contribution in [0.25, 0.3) is 0 Å². The van der Waals surface area contributed by atoms with Crippen molar-refractivity contribution in [2.24, 2.45) is 0 Å². The van der Waals surface area contributed by atoms with E-state index in [4.69, 9.17) is 5.26 Å². The van der Waals surface area contributed by atoms with E-state index in [-0.39, 0.29) is 0 Å². The molecule has 37 valence electrons. The van der Waals surface area contributed by atoms with Crippen molar-refractivity contribution in [2.45, 2.75) is 0 Å². The molecule has 6 heavy (non-hydrogen) atoms. The Balaban J connectivity index is 0. The van der Waals surface area contributed by atoms with Crippen molar-refractivity contribution in [3.63, 3.8) is 0 Å². The van der Waals surface area contributed by atoms with Crippen LogP contribution in [0.2, 0.25) is 0 Å². The summed E-state index contributed by atoms with van der Waals surface area (Å²) < 4.78 is 0. The summed E-state index contributed by atoms with van der Waals surface area (Å²) in [5.74, 6) is 0. The predicted molar refractivity (Wildman–Crippen MR) is 23.4 cm³/mol. The Morgan fingerprint density at radius 1 is 1.83 bits per heavy atom. The van der Waals surface area contributed by atoms with Gasteiger partial charge in [-0.15, -0.1) is 0 Å². The second-order valence-corrected chi connectivity index (χ2v) is 0.333. The number of hydrogen-bond acceptors (Lipinski definition) is 2. The number of allylic oxidation sites excluding steroid dienone is 1. The third kappa shape index (κ3) is 30.1. The van der Waals surface area contributed by atoms with Gasteiger partial charge >= 0.3 is 28.8 Å². The average molecular weight is 193 g/mol. The Kier molecular flexibility index (Phi) is 30.1. The molecule has 0 saturated heterocycles. The van der Waals surface area contributed by atoms with Gasteiger partial charge in [-0.3, -0.25) is 0 Å². The molecule has 3 heteroatoms. The molecule has 0 N–H and O–H groups in total. The fraction of sp³-hybridized carbons (Fsp3) is 0. The van der Waals surface area contributed by atoms with Crippen LogP contribution in [0.15, 0.2) is 12.7 Å². The van der Waals surface area contributed by atoms with E-state index in [0.717, 1.165) is 0 Å². The summed E-state index contributed by atoms with van der Waals surface area (Å²) in [7, 11) is 3.89. The van der Waals surface area contributed by atoms with Gasteiger partial charge in [-0.05, 0) is 0 Å². The first-order chi connectivity index (χ1) is 2.91. The van der Waals surface area contributed by atoms with Crippen molar-refractivity contribution in [1.82, 2.24) is 0 Å². The fourth-order valence-corrected chi connectivity index (χ4v) is 0. The van der Waals surface area contributed by atoms with Gasteiger partial charge in [0.05, 0.1) is 6.07 Å². The van der Waals surface area contributed by atoms with Gasteiger partial charge in [-0.2, -0.15) is 5.26 Å². The predicted octanol–water partition coefficient (Wildman–Crippen LogP) is 1.34. The number of nitrogens with zero attached hydrogens (tertiary/aromatic N) is 1. The second-order valence-electron chi connectivity index (χ2n) is 0.333. The maximum atomic E-state index is 7.51. The van der Waals surface area contributed by atoms with Crippen molar-refractivity contribution >= 4 is 9.58 Å².